The highest BCUT2D eigenvalue weighted by molar-refractivity contribution is 5.81. The van der Waals surface area contributed by atoms with Crippen molar-refractivity contribution in [3.05, 3.63) is 35.8 Å². The molecule has 0 spiro atoms. The van der Waals surface area contributed by atoms with Crippen LogP contribution in [0.15, 0.2) is 28.7 Å². The van der Waals surface area contributed by atoms with Gasteiger partial charge in [-0.15, -0.1) is 0 Å². The largest absolute Gasteiger partial charge is 0.431 e. The molecule has 1 aliphatic heterocycles. The molecule has 1 aromatic heterocycles. The summed E-state index contributed by atoms with van der Waals surface area (Å²) in [5.74, 6) is 0.888. The van der Waals surface area contributed by atoms with Gasteiger partial charge < -0.3 is 19.6 Å². The lowest BCUT2D eigenvalue weighted by Gasteiger charge is -2.46. The molecule has 0 bridgehead atoms. The number of furan rings is 1. The fourth-order valence-electron chi connectivity index (χ4n) is 6.70. The van der Waals surface area contributed by atoms with E-state index in [0.717, 1.165) is 56.8 Å². The quantitative estimate of drug-likeness (QED) is 0.367. The van der Waals surface area contributed by atoms with Crippen LogP contribution in [-0.4, -0.2) is 56.4 Å². The first kappa shape index (κ1) is 26.6. The summed E-state index contributed by atoms with van der Waals surface area (Å²) in [6.45, 7) is 3.60. The number of fused-ring (bicyclic) bond motifs is 1. The molecule has 5 nitrogen and oxygen atoms in total. The molecule has 196 valence electrons. The minimum Gasteiger partial charge on any atom is -0.431 e. The molecule has 2 fully saturated rings. The SMILES string of the molecule is CNCC(CC1CCCCC1)N1CCCC(C(O)(CCCCOC)c2cccc3cc(F)oc23)C1. The van der Waals surface area contributed by atoms with Crippen molar-refractivity contribution in [2.75, 3.05) is 40.4 Å². The van der Waals surface area contributed by atoms with Crippen molar-refractivity contribution >= 4 is 11.0 Å². The first-order valence-corrected chi connectivity index (χ1v) is 13.8. The van der Waals surface area contributed by atoms with Crippen LogP contribution in [0, 0.1) is 17.8 Å². The van der Waals surface area contributed by atoms with Crippen molar-refractivity contribution < 1.29 is 18.7 Å². The van der Waals surface area contributed by atoms with E-state index in [9.17, 15) is 9.50 Å². The fourth-order valence-corrected chi connectivity index (χ4v) is 6.70. The van der Waals surface area contributed by atoms with Gasteiger partial charge in [0.2, 0.25) is 0 Å². The van der Waals surface area contributed by atoms with E-state index in [4.69, 9.17) is 9.15 Å². The maximum Gasteiger partial charge on any atom is 0.278 e. The number of halogens is 1. The summed E-state index contributed by atoms with van der Waals surface area (Å²) < 4.78 is 24.8. The van der Waals surface area contributed by atoms with Gasteiger partial charge in [0.25, 0.3) is 6.01 Å². The number of hydrogen-bond acceptors (Lipinski definition) is 5. The minimum absolute atomic E-state index is 0.0725. The fraction of sp³-hybridized carbons (Fsp3) is 0.724. The van der Waals surface area contributed by atoms with Crippen molar-refractivity contribution in [1.82, 2.24) is 10.2 Å². The number of piperidine rings is 1. The molecule has 0 amide bonds. The average Bonchev–Trinajstić information content (AvgIpc) is 3.27. The minimum atomic E-state index is -1.06. The maximum absolute atomic E-state index is 14.1. The van der Waals surface area contributed by atoms with Gasteiger partial charge in [-0.25, -0.2) is 0 Å². The molecule has 3 atom stereocenters. The number of para-hydroxylation sites is 1. The summed E-state index contributed by atoms with van der Waals surface area (Å²) in [6, 6.07) is 7.02. The highest BCUT2D eigenvalue weighted by atomic mass is 19.1. The van der Waals surface area contributed by atoms with Crippen LogP contribution in [0.2, 0.25) is 0 Å². The molecule has 2 N–H and O–H groups in total. The molecular formula is C29H45FN2O3. The summed E-state index contributed by atoms with van der Waals surface area (Å²) in [4.78, 5) is 2.63. The third-order valence-electron chi connectivity index (χ3n) is 8.55. The Balaban J connectivity index is 1.58. The standard InChI is InChI=1S/C29H45FN2O3/c1-31-20-25(18-22-10-4-3-5-11-22)32-16-9-13-24(21-32)29(33,15-6-7-17-34-2)26-14-8-12-23-19-27(30)35-28(23)26/h8,12,14,19,22,24-25,31,33H,3-7,9-11,13,15-18,20-21H2,1-2H3. The molecular weight excluding hydrogens is 443 g/mol. The zero-order chi connectivity index (χ0) is 24.7. The smallest absolute Gasteiger partial charge is 0.278 e. The molecule has 1 saturated heterocycles. The Kier molecular flexibility index (Phi) is 9.62. The normalized spacial score (nSPS) is 22.9. The van der Waals surface area contributed by atoms with Crippen LogP contribution in [0.3, 0.4) is 0 Å². The molecule has 2 aliphatic rings. The number of unbranched alkanes of at least 4 members (excludes halogenated alkanes) is 1. The Bertz CT molecular complexity index is 912. The van der Waals surface area contributed by atoms with Crippen molar-refractivity contribution in [2.45, 2.75) is 82.3 Å². The van der Waals surface area contributed by atoms with Gasteiger partial charge in [0.1, 0.15) is 5.58 Å². The van der Waals surface area contributed by atoms with Gasteiger partial charge in [0.15, 0.2) is 0 Å². The topological polar surface area (TPSA) is 57.9 Å². The molecule has 3 unspecified atom stereocenters. The first-order valence-electron chi connectivity index (χ1n) is 13.8. The molecule has 1 saturated carbocycles. The number of ether oxygens (including phenoxy) is 1. The van der Waals surface area contributed by atoms with E-state index in [2.05, 4.69) is 10.2 Å². The lowest BCUT2D eigenvalue weighted by molar-refractivity contribution is -0.0685. The zero-order valence-electron chi connectivity index (χ0n) is 21.7. The number of benzene rings is 1. The van der Waals surface area contributed by atoms with Gasteiger partial charge in [-0.2, -0.15) is 4.39 Å². The third-order valence-corrected chi connectivity index (χ3v) is 8.55. The summed E-state index contributed by atoms with van der Waals surface area (Å²) in [5, 5.41) is 16.6. The van der Waals surface area contributed by atoms with Crippen molar-refractivity contribution in [3.63, 3.8) is 0 Å². The summed E-state index contributed by atoms with van der Waals surface area (Å²) >= 11 is 0. The van der Waals surface area contributed by atoms with Crippen LogP contribution in [-0.2, 0) is 10.3 Å². The van der Waals surface area contributed by atoms with Crippen molar-refractivity contribution in [1.29, 1.82) is 0 Å². The number of hydrogen-bond donors (Lipinski definition) is 2. The lowest BCUT2D eigenvalue weighted by atomic mass is 9.73. The zero-order valence-corrected chi connectivity index (χ0v) is 21.7. The molecule has 2 heterocycles. The number of rotatable bonds is 12. The number of methoxy groups -OCH3 is 1. The third kappa shape index (κ3) is 6.46. The molecule has 4 rings (SSSR count). The predicted octanol–water partition coefficient (Wildman–Crippen LogP) is 5.85. The summed E-state index contributed by atoms with van der Waals surface area (Å²) in [5.41, 5.74) is 0.164. The molecule has 1 aromatic carbocycles. The van der Waals surface area contributed by atoms with Gasteiger partial charge in [-0.05, 0) is 58.0 Å². The summed E-state index contributed by atoms with van der Waals surface area (Å²) in [7, 11) is 3.76. The highest BCUT2D eigenvalue weighted by Gasteiger charge is 2.43. The number of likely N-dealkylation sites (N-methyl/N-ethyl adjacent to an activating group) is 1. The predicted molar refractivity (Wildman–Crippen MR) is 139 cm³/mol. The lowest BCUT2D eigenvalue weighted by Crippen LogP contribution is -2.52. The van der Waals surface area contributed by atoms with Gasteiger partial charge in [-0.1, -0.05) is 50.3 Å². The highest BCUT2D eigenvalue weighted by Crippen LogP contribution is 2.43. The van der Waals surface area contributed by atoms with E-state index in [0.29, 0.717) is 30.0 Å². The van der Waals surface area contributed by atoms with Crippen LogP contribution < -0.4 is 5.32 Å². The van der Waals surface area contributed by atoms with Gasteiger partial charge in [0.05, 0.1) is 5.60 Å². The van der Waals surface area contributed by atoms with Gasteiger partial charge in [-0.3, -0.25) is 4.90 Å². The van der Waals surface area contributed by atoms with E-state index in [1.54, 1.807) is 7.11 Å². The Hall–Kier alpha value is -1.47. The molecule has 2 aromatic rings. The molecule has 35 heavy (non-hydrogen) atoms. The van der Waals surface area contributed by atoms with Crippen LogP contribution in [0.25, 0.3) is 11.0 Å². The van der Waals surface area contributed by atoms with Gasteiger partial charge >= 0.3 is 0 Å². The van der Waals surface area contributed by atoms with E-state index in [1.807, 2.05) is 25.2 Å². The maximum atomic E-state index is 14.1. The van der Waals surface area contributed by atoms with E-state index in [1.165, 1.54) is 44.6 Å². The first-order chi connectivity index (χ1) is 17.0. The van der Waals surface area contributed by atoms with E-state index < -0.39 is 11.6 Å². The number of nitrogens with zero attached hydrogens (tertiary/aromatic N) is 1. The van der Waals surface area contributed by atoms with E-state index >= 15 is 0 Å². The average molecular weight is 489 g/mol. The van der Waals surface area contributed by atoms with Crippen LogP contribution >= 0.6 is 0 Å². The second kappa shape index (κ2) is 12.7. The number of likely N-dealkylation sites (tertiary alicyclic amines) is 1. The monoisotopic (exact) mass is 488 g/mol. The van der Waals surface area contributed by atoms with Crippen LogP contribution in [0.1, 0.15) is 76.2 Å². The van der Waals surface area contributed by atoms with E-state index in [-0.39, 0.29) is 5.92 Å². The Morgan fingerprint density at radius 1 is 1.20 bits per heavy atom. The van der Waals surface area contributed by atoms with Crippen molar-refractivity contribution in [2.24, 2.45) is 11.8 Å². The summed E-state index contributed by atoms with van der Waals surface area (Å²) in [6.07, 6.45) is 12.5. The number of aliphatic hydroxyl groups is 1. The molecule has 6 heteroatoms. The second-order valence-corrected chi connectivity index (χ2v) is 10.9. The van der Waals surface area contributed by atoms with Crippen LogP contribution in [0.4, 0.5) is 4.39 Å². The van der Waals surface area contributed by atoms with Gasteiger partial charge in [0, 0.05) is 55.8 Å². The van der Waals surface area contributed by atoms with Crippen molar-refractivity contribution in [3.8, 4) is 0 Å². The Labute approximate surface area is 210 Å². The number of nitrogens with one attached hydrogen (secondary N) is 1. The molecule has 0 radical (unpaired) electrons. The Morgan fingerprint density at radius 2 is 2.03 bits per heavy atom. The molecule has 1 aliphatic carbocycles. The van der Waals surface area contributed by atoms with Crippen LogP contribution in [0.5, 0.6) is 0 Å². The Morgan fingerprint density at radius 3 is 2.80 bits per heavy atom. The second-order valence-electron chi connectivity index (χ2n) is 10.9.